The fourth-order valence-corrected chi connectivity index (χ4v) is 4.43. The van der Waals surface area contributed by atoms with Gasteiger partial charge in [-0.25, -0.2) is 0 Å². The number of rotatable bonds is 6. The molecule has 2 saturated heterocycles. The first-order valence-electron chi connectivity index (χ1n) is 10.5. The topological polar surface area (TPSA) is 59.1 Å². The molecule has 4 rings (SSSR count). The number of carbonyl (C=O) groups excluding carboxylic acids is 2. The number of amides is 2. The Bertz CT molecular complexity index is 712. The van der Waals surface area contributed by atoms with Crippen molar-refractivity contribution in [3.8, 4) is 5.75 Å². The summed E-state index contributed by atoms with van der Waals surface area (Å²) in [5.74, 6) is 1.41. The maximum atomic E-state index is 13.0. The number of nitrogens with zero attached hydrogens (tertiary/aromatic N) is 2. The van der Waals surface area contributed by atoms with E-state index in [0.717, 1.165) is 63.2 Å². The molecule has 0 bridgehead atoms. The molecule has 6 heteroatoms. The lowest BCUT2D eigenvalue weighted by atomic mass is 10.0. The Balaban J connectivity index is 1.40. The van der Waals surface area contributed by atoms with Gasteiger partial charge in [0.1, 0.15) is 5.75 Å². The van der Waals surface area contributed by atoms with E-state index in [0.29, 0.717) is 18.9 Å². The minimum atomic E-state index is 0.126. The Morgan fingerprint density at radius 1 is 1.14 bits per heavy atom. The van der Waals surface area contributed by atoms with Crippen LogP contribution in [0.2, 0.25) is 0 Å². The quantitative estimate of drug-likeness (QED) is 0.753. The Morgan fingerprint density at radius 2 is 1.93 bits per heavy atom. The normalized spacial score (nSPS) is 22.9. The number of likely N-dealkylation sites (tertiary alicyclic amines) is 1. The Hall–Kier alpha value is -2.08. The predicted octanol–water partition coefficient (Wildman–Crippen LogP) is 2.26. The first kappa shape index (κ1) is 19.2. The minimum Gasteiger partial charge on any atom is -0.497 e. The van der Waals surface area contributed by atoms with Crippen LogP contribution in [0.15, 0.2) is 24.3 Å². The standard InChI is InChI=1S/C22H30N2O4/c1-27-20-4-2-3-16(13-20)14-21(25)23-10-7-19(15-23)24(22(26)17-5-6-17)18-8-11-28-12-9-18/h2-4,13,17-19H,5-12,14-15H2,1H3. The molecule has 3 aliphatic rings. The zero-order valence-corrected chi connectivity index (χ0v) is 16.6. The van der Waals surface area contributed by atoms with E-state index in [-0.39, 0.29) is 23.9 Å². The molecule has 1 aromatic rings. The highest BCUT2D eigenvalue weighted by molar-refractivity contribution is 5.82. The third-order valence-electron chi connectivity index (χ3n) is 6.16. The van der Waals surface area contributed by atoms with Crippen LogP contribution in [0, 0.1) is 5.92 Å². The van der Waals surface area contributed by atoms with Gasteiger partial charge in [-0.15, -0.1) is 0 Å². The Labute approximate surface area is 166 Å². The van der Waals surface area contributed by atoms with E-state index in [4.69, 9.17) is 9.47 Å². The van der Waals surface area contributed by atoms with E-state index in [1.165, 1.54) is 0 Å². The van der Waals surface area contributed by atoms with Crippen molar-refractivity contribution in [2.45, 2.75) is 50.6 Å². The second kappa shape index (κ2) is 8.52. The van der Waals surface area contributed by atoms with Crippen LogP contribution in [0.3, 0.4) is 0 Å². The van der Waals surface area contributed by atoms with Crippen molar-refractivity contribution in [1.82, 2.24) is 9.80 Å². The molecule has 2 amide bonds. The van der Waals surface area contributed by atoms with Crippen LogP contribution in [-0.2, 0) is 20.7 Å². The molecule has 1 atom stereocenters. The van der Waals surface area contributed by atoms with Crippen molar-refractivity contribution in [3.63, 3.8) is 0 Å². The molecule has 0 spiro atoms. The van der Waals surface area contributed by atoms with Crippen molar-refractivity contribution < 1.29 is 19.1 Å². The summed E-state index contributed by atoms with van der Waals surface area (Å²) in [7, 11) is 1.63. The van der Waals surface area contributed by atoms with E-state index >= 15 is 0 Å². The first-order valence-corrected chi connectivity index (χ1v) is 10.5. The van der Waals surface area contributed by atoms with E-state index in [9.17, 15) is 9.59 Å². The SMILES string of the molecule is COc1cccc(CC(=O)N2CCC(N(C(=O)C3CC3)C3CCOCC3)C2)c1. The molecule has 1 aliphatic carbocycles. The van der Waals surface area contributed by atoms with Gasteiger partial charge in [0.05, 0.1) is 19.6 Å². The van der Waals surface area contributed by atoms with E-state index in [2.05, 4.69) is 4.90 Å². The van der Waals surface area contributed by atoms with Gasteiger partial charge in [0.15, 0.2) is 0 Å². The largest absolute Gasteiger partial charge is 0.497 e. The van der Waals surface area contributed by atoms with Crippen LogP contribution in [0.1, 0.15) is 37.7 Å². The van der Waals surface area contributed by atoms with Crippen molar-refractivity contribution in [2.75, 3.05) is 33.4 Å². The zero-order valence-electron chi connectivity index (χ0n) is 16.6. The van der Waals surface area contributed by atoms with Crippen molar-refractivity contribution >= 4 is 11.8 Å². The summed E-state index contributed by atoms with van der Waals surface area (Å²) < 4.78 is 10.8. The monoisotopic (exact) mass is 386 g/mol. The molecule has 28 heavy (non-hydrogen) atoms. The second-order valence-electron chi connectivity index (χ2n) is 8.17. The highest BCUT2D eigenvalue weighted by Gasteiger charge is 2.42. The molecule has 6 nitrogen and oxygen atoms in total. The number of ether oxygens (including phenoxy) is 2. The van der Waals surface area contributed by atoms with E-state index in [1.807, 2.05) is 29.2 Å². The smallest absolute Gasteiger partial charge is 0.227 e. The van der Waals surface area contributed by atoms with Gasteiger partial charge in [0.25, 0.3) is 0 Å². The molecule has 2 heterocycles. The van der Waals surface area contributed by atoms with Gasteiger partial charge >= 0.3 is 0 Å². The van der Waals surface area contributed by atoms with Crippen molar-refractivity contribution in [1.29, 1.82) is 0 Å². The molecular formula is C22H30N2O4. The molecule has 2 aliphatic heterocycles. The molecule has 1 aromatic carbocycles. The fraction of sp³-hybridized carbons (Fsp3) is 0.636. The summed E-state index contributed by atoms with van der Waals surface area (Å²) in [5.41, 5.74) is 0.961. The first-order chi connectivity index (χ1) is 13.7. The van der Waals surface area contributed by atoms with Crippen LogP contribution < -0.4 is 4.74 Å². The lowest BCUT2D eigenvalue weighted by Gasteiger charge is -2.38. The number of hydrogen-bond donors (Lipinski definition) is 0. The van der Waals surface area contributed by atoms with Gasteiger partial charge in [-0.05, 0) is 49.8 Å². The lowest BCUT2D eigenvalue weighted by Crippen LogP contribution is -2.51. The van der Waals surface area contributed by atoms with Crippen molar-refractivity contribution in [2.24, 2.45) is 5.92 Å². The predicted molar refractivity (Wildman–Crippen MR) is 105 cm³/mol. The number of hydrogen-bond acceptors (Lipinski definition) is 4. The lowest BCUT2D eigenvalue weighted by molar-refractivity contribution is -0.140. The van der Waals surface area contributed by atoms with E-state index in [1.54, 1.807) is 7.11 Å². The van der Waals surface area contributed by atoms with Crippen LogP contribution >= 0.6 is 0 Å². The number of methoxy groups -OCH3 is 1. The molecule has 1 saturated carbocycles. The van der Waals surface area contributed by atoms with Gasteiger partial charge in [-0.3, -0.25) is 9.59 Å². The summed E-state index contributed by atoms with van der Waals surface area (Å²) in [5, 5.41) is 0. The molecule has 1 unspecified atom stereocenters. The third kappa shape index (κ3) is 4.32. The maximum Gasteiger partial charge on any atom is 0.227 e. The van der Waals surface area contributed by atoms with Gasteiger partial charge in [0.2, 0.25) is 11.8 Å². The average molecular weight is 386 g/mol. The molecular weight excluding hydrogens is 356 g/mol. The van der Waals surface area contributed by atoms with Gasteiger partial charge < -0.3 is 19.3 Å². The summed E-state index contributed by atoms with van der Waals surface area (Å²) in [6, 6.07) is 8.07. The highest BCUT2D eigenvalue weighted by atomic mass is 16.5. The molecule has 3 fully saturated rings. The van der Waals surface area contributed by atoms with Gasteiger partial charge in [-0.2, -0.15) is 0 Å². The second-order valence-corrected chi connectivity index (χ2v) is 8.17. The average Bonchev–Trinajstić information content (AvgIpc) is 3.47. The third-order valence-corrected chi connectivity index (χ3v) is 6.16. The molecule has 152 valence electrons. The van der Waals surface area contributed by atoms with Gasteiger partial charge in [-0.1, -0.05) is 12.1 Å². The van der Waals surface area contributed by atoms with Crippen molar-refractivity contribution in [3.05, 3.63) is 29.8 Å². The Kier molecular flexibility index (Phi) is 5.85. The highest BCUT2D eigenvalue weighted by Crippen LogP contribution is 2.35. The van der Waals surface area contributed by atoms with Crippen LogP contribution in [-0.4, -0.2) is 67.1 Å². The number of benzene rings is 1. The van der Waals surface area contributed by atoms with E-state index < -0.39 is 0 Å². The summed E-state index contributed by atoms with van der Waals surface area (Å²) in [4.78, 5) is 29.9. The van der Waals surface area contributed by atoms with Gasteiger partial charge in [0, 0.05) is 38.3 Å². The summed E-state index contributed by atoms with van der Waals surface area (Å²) in [6.45, 7) is 2.83. The van der Waals surface area contributed by atoms with Crippen LogP contribution in [0.4, 0.5) is 0 Å². The summed E-state index contributed by atoms with van der Waals surface area (Å²) in [6.07, 6.45) is 5.10. The molecule has 0 N–H and O–H groups in total. The molecule has 0 radical (unpaired) electrons. The van der Waals surface area contributed by atoms with Crippen LogP contribution in [0.5, 0.6) is 5.75 Å². The van der Waals surface area contributed by atoms with Crippen LogP contribution in [0.25, 0.3) is 0 Å². The maximum absolute atomic E-state index is 13.0. The fourth-order valence-electron chi connectivity index (χ4n) is 4.43. The minimum absolute atomic E-state index is 0.126. The Morgan fingerprint density at radius 3 is 2.64 bits per heavy atom. The number of carbonyl (C=O) groups is 2. The zero-order chi connectivity index (χ0) is 19.5. The summed E-state index contributed by atoms with van der Waals surface area (Å²) >= 11 is 0. The molecule has 0 aromatic heterocycles.